The van der Waals surface area contributed by atoms with Gasteiger partial charge in [-0.25, -0.2) is 8.78 Å². The quantitative estimate of drug-likeness (QED) is 0.398. The van der Waals surface area contributed by atoms with Crippen LogP contribution in [0.4, 0.5) is 8.78 Å². The largest absolute Gasteiger partial charge is 1.00 e. The molecular weight excluding hydrogens is 177 g/mol. The van der Waals surface area contributed by atoms with Crippen molar-refractivity contribution in [3.05, 3.63) is 31.7 Å². The molecule has 1 rings (SSSR count). The van der Waals surface area contributed by atoms with Crippen LogP contribution in [0.15, 0.2) is 12.4 Å². The smallest absolute Gasteiger partial charge is 0.456 e. The molecule has 11 heavy (non-hydrogen) atoms. The fourth-order valence-electron chi connectivity index (χ4n) is 0.384. The van der Waals surface area contributed by atoms with Crippen LogP contribution in [-0.4, -0.2) is 9.97 Å². The molecule has 0 aliphatic heterocycles. The van der Waals surface area contributed by atoms with E-state index in [-0.39, 0.29) is 58.8 Å². The van der Waals surface area contributed by atoms with Crippen LogP contribution in [0.5, 0.6) is 0 Å². The fraction of sp³-hybridized carbons (Fsp3) is 0.167. The van der Waals surface area contributed by atoms with E-state index in [2.05, 4.69) is 16.2 Å². The van der Waals surface area contributed by atoms with Crippen molar-refractivity contribution in [2.75, 3.05) is 0 Å². The molecular formula is C6H6F2KN2-. The van der Waals surface area contributed by atoms with Gasteiger partial charge in [0.1, 0.15) is 0 Å². The summed E-state index contributed by atoms with van der Waals surface area (Å²) in [5.74, 6) is 0. The zero-order chi connectivity index (χ0) is 6.69. The predicted octanol–water partition coefficient (Wildman–Crippen LogP) is -1.33. The van der Waals surface area contributed by atoms with Gasteiger partial charge in [0.2, 0.25) is 0 Å². The normalized spacial score (nSPS) is 8.27. The molecule has 2 nitrogen and oxygen atoms in total. The fourth-order valence-corrected chi connectivity index (χ4v) is 0.384. The van der Waals surface area contributed by atoms with Gasteiger partial charge in [-0.2, -0.15) is 0 Å². The topological polar surface area (TPSA) is 25.8 Å². The zero-order valence-electron chi connectivity index (χ0n) is 6.38. The molecule has 0 atom stereocenters. The van der Waals surface area contributed by atoms with Gasteiger partial charge in [0.15, 0.2) is 0 Å². The minimum Gasteiger partial charge on any atom is -0.456 e. The molecule has 0 spiro atoms. The average molecular weight is 183 g/mol. The molecule has 5 heteroatoms. The van der Waals surface area contributed by atoms with Gasteiger partial charge in [-0.05, 0) is 6.20 Å². The molecule has 1 heterocycles. The molecule has 1 aromatic heterocycles. The SMILES string of the molecule is FC(F)c1[c-]nccn1.[CH3-].[K+]. The van der Waals surface area contributed by atoms with E-state index in [1.807, 2.05) is 0 Å². The van der Waals surface area contributed by atoms with Crippen LogP contribution in [0.1, 0.15) is 12.1 Å². The molecule has 0 unspecified atom stereocenters. The van der Waals surface area contributed by atoms with Crippen LogP contribution < -0.4 is 51.4 Å². The number of alkyl halides is 2. The molecule has 0 saturated carbocycles. The van der Waals surface area contributed by atoms with Crippen molar-refractivity contribution in [3.63, 3.8) is 0 Å². The molecule has 0 amide bonds. The molecule has 56 valence electrons. The third-order valence-corrected chi connectivity index (χ3v) is 0.741. The Morgan fingerprint density at radius 3 is 2.27 bits per heavy atom. The summed E-state index contributed by atoms with van der Waals surface area (Å²) in [6.07, 6.45) is 1.99. The number of hydrogen-bond donors (Lipinski definition) is 0. The van der Waals surface area contributed by atoms with E-state index in [1.165, 1.54) is 12.4 Å². The van der Waals surface area contributed by atoms with Gasteiger partial charge in [-0.1, -0.05) is 0 Å². The summed E-state index contributed by atoms with van der Waals surface area (Å²) in [7, 11) is 0. The van der Waals surface area contributed by atoms with Crippen molar-refractivity contribution in [2.45, 2.75) is 6.43 Å². The minimum absolute atomic E-state index is 0. The first-order valence-electron chi connectivity index (χ1n) is 2.27. The maximum absolute atomic E-state index is 11.6. The van der Waals surface area contributed by atoms with Gasteiger partial charge in [0.05, 0.1) is 0 Å². The Hall–Kier alpha value is 0.576. The van der Waals surface area contributed by atoms with E-state index < -0.39 is 12.1 Å². The van der Waals surface area contributed by atoms with Gasteiger partial charge in [0.25, 0.3) is 6.43 Å². The first-order chi connectivity index (χ1) is 4.30. The standard InChI is InChI=1S/C5H3F2N2.CH3.K/c6-5(7)4-3-8-1-2-9-4;;/h1-2,5H;1H3;/q2*-1;+1. The van der Waals surface area contributed by atoms with Gasteiger partial charge < -0.3 is 12.4 Å². The molecule has 0 bridgehead atoms. The van der Waals surface area contributed by atoms with E-state index in [9.17, 15) is 8.78 Å². The van der Waals surface area contributed by atoms with Crippen LogP contribution in [0.2, 0.25) is 0 Å². The van der Waals surface area contributed by atoms with Crippen molar-refractivity contribution in [2.24, 2.45) is 0 Å². The maximum Gasteiger partial charge on any atom is 1.00 e. The molecule has 0 saturated heterocycles. The van der Waals surface area contributed by atoms with Crippen molar-refractivity contribution >= 4 is 0 Å². The van der Waals surface area contributed by atoms with E-state index in [0.717, 1.165) is 0 Å². The molecule has 0 radical (unpaired) electrons. The van der Waals surface area contributed by atoms with E-state index >= 15 is 0 Å². The predicted molar refractivity (Wildman–Crippen MR) is 32.2 cm³/mol. The van der Waals surface area contributed by atoms with Crippen molar-refractivity contribution < 1.29 is 60.2 Å². The number of aromatic nitrogens is 2. The molecule has 0 aromatic carbocycles. The van der Waals surface area contributed by atoms with Crippen LogP contribution >= 0.6 is 0 Å². The van der Waals surface area contributed by atoms with Gasteiger partial charge in [-0.15, -0.1) is 12.4 Å². The van der Waals surface area contributed by atoms with Gasteiger partial charge >= 0.3 is 51.4 Å². The molecule has 0 aliphatic rings. The Morgan fingerprint density at radius 1 is 1.36 bits per heavy atom. The second-order valence-electron chi connectivity index (χ2n) is 1.35. The Labute approximate surface area is 107 Å². The Kier molecular flexibility index (Phi) is 9.29. The van der Waals surface area contributed by atoms with Crippen LogP contribution in [0, 0.1) is 13.6 Å². The number of rotatable bonds is 1. The van der Waals surface area contributed by atoms with Crippen molar-refractivity contribution in [3.8, 4) is 0 Å². The zero-order valence-corrected chi connectivity index (χ0v) is 9.51. The number of hydrogen-bond acceptors (Lipinski definition) is 2. The maximum atomic E-state index is 11.6. The summed E-state index contributed by atoms with van der Waals surface area (Å²) in [6, 6.07) is 0. The summed E-state index contributed by atoms with van der Waals surface area (Å²) >= 11 is 0. The third-order valence-electron chi connectivity index (χ3n) is 0.741. The first kappa shape index (κ1) is 14.1. The summed E-state index contributed by atoms with van der Waals surface area (Å²) in [5, 5.41) is 0. The van der Waals surface area contributed by atoms with E-state index in [4.69, 9.17) is 0 Å². The first-order valence-corrected chi connectivity index (χ1v) is 2.27. The van der Waals surface area contributed by atoms with Gasteiger partial charge in [-0.3, -0.25) is 4.98 Å². The number of nitrogens with zero attached hydrogens (tertiary/aromatic N) is 2. The van der Waals surface area contributed by atoms with E-state index in [1.54, 1.807) is 0 Å². The third kappa shape index (κ3) is 4.92. The molecule has 1 aromatic rings. The van der Waals surface area contributed by atoms with Crippen LogP contribution in [0.3, 0.4) is 0 Å². The second-order valence-corrected chi connectivity index (χ2v) is 1.35. The molecule has 0 N–H and O–H groups in total. The minimum atomic E-state index is -2.57. The summed E-state index contributed by atoms with van der Waals surface area (Å²) in [5.41, 5.74) is -0.405. The summed E-state index contributed by atoms with van der Waals surface area (Å²) in [4.78, 5) is 6.65. The Morgan fingerprint density at radius 2 is 2.00 bits per heavy atom. The van der Waals surface area contributed by atoms with Crippen molar-refractivity contribution in [1.29, 1.82) is 0 Å². The van der Waals surface area contributed by atoms with Crippen molar-refractivity contribution in [1.82, 2.24) is 9.97 Å². The molecule has 0 aliphatic carbocycles. The van der Waals surface area contributed by atoms with Crippen LogP contribution in [0.25, 0.3) is 0 Å². The summed E-state index contributed by atoms with van der Waals surface area (Å²) in [6.45, 7) is 0. The summed E-state index contributed by atoms with van der Waals surface area (Å²) < 4.78 is 23.3. The average Bonchev–Trinajstić information content (AvgIpc) is 1.90. The number of halogens is 2. The van der Waals surface area contributed by atoms with E-state index in [0.29, 0.717) is 0 Å². The van der Waals surface area contributed by atoms with Gasteiger partial charge in [0, 0.05) is 5.69 Å². The monoisotopic (exact) mass is 183 g/mol. The van der Waals surface area contributed by atoms with Crippen LogP contribution in [-0.2, 0) is 0 Å². The second kappa shape index (κ2) is 7.24. The Bertz CT molecular complexity index is 181. The Balaban J connectivity index is 0. The molecule has 0 fully saturated rings.